The Bertz CT molecular complexity index is 3100. The number of nitrogens with zero attached hydrogens (tertiary/aromatic N) is 5. The van der Waals surface area contributed by atoms with Crippen LogP contribution in [0.3, 0.4) is 0 Å². The fourth-order valence-corrected chi connectivity index (χ4v) is 7.66. The molecule has 4 heterocycles. The van der Waals surface area contributed by atoms with Crippen molar-refractivity contribution < 1.29 is 0 Å². The number of hydrogen-bond acceptors (Lipinski definition) is 3. The lowest BCUT2D eigenvalue weighted by atomic mass is 10.1. The molecule has 5 heteroatoms. The summed E-state index contributed by atoms with van der Waals surface area (Å²) in [6, 6.07) is 52.8. The third kappa shape index (κ3) is 4.60. The zero-order valence-corrected chi connectivity index (χ0v) is 28.2. The summed E-state index contributed by atoms with van der Waals surface area (Å²) >= 11 is 0. The SMILES string of the molecule is C=C/C=c1\c(=C)c2cc3cc4c5ccccc5c5ccccc5n4c3cc2n1-c1cccc(-c2nc(-c3ccccc3)nc(-c3ccccc3)n2)c1. The van der Waals surface area contributed by atoms with Crippen molar-refractivity contribution in [1.82, 2.24) is 23.9 Å². The molecule has 0 fully saturated rings. The summed E-state index contributed by atoms with van der Waals surface area (Å²) in [6.07, 6.45) is 3.87. The van der Waals surface area contributed by atoms with Crippen LogP contribution in [0.1, 0.15) is 0 Å². The number of allylic oxidation sites excluding steroid dienone is 1. The third-order valence-corrected chi connectivity index (χ3v) is 10.0. The molecule has 0 unspecified atom stereocenters. The lowest BCUT2D eigenvalue weighted by molar-refractivity contribution is 1.06. The van der Waals surface area contributed by atoms with Gasteiger partial charge < -0.3 is 8.97 Å². The molecular weight excluding hydrogens is 635 g/mol. The summed E-state index contributed by atoms with van der Waals surface area (Å²) in [5, 5.41) is 7.90. The standard InChI is InChI=1S/C47H31N5/c1-3-15-40-30(2)39-27-34-28-43-38-24-11-10-22-36(38)37-23-12-13-25-41(37)52(43)42(34)29-44(39)51(40)35-21-14-20-33(26-35)47-49-45(31-16-6-4-7-17-31)48-46(50-47)32-18-8-5-9-19-32/h3-29H,1-2H2/b40-15+. The molecule has 0 aliphatic rings. The van der Waals surface area contributed by atoms with Gasteiger partial charge in [-0.15, -0.1) is 0 Å². The summed E-state index contributed by atoms with van der Waals surface area (Å²) in [6.45, 7) is 8.67. The molecule has 0 amide bonds. The van der Waals surface area contributed by atoms with Gasteiger partial charge in [0.2, 0.25) is 0 Å². The van der Waals surface area contributed by atoms with E-state index in [1.165, 1.54) is 32.6 Å². The van der Waals surface area contributed by atoms with Gasteiger partial charge in [0.05, 0.1) is 27.4 Å². The van der Waals surface area contributed by atoms with Crippen LogP contribution in [0.15, 0.2) is 164 Å². The molecule has 4 aromatic heterocycles. The molecule has 0 saturated heterocycles. The molecule has 0 atom stereocenters. The molecule has 0 spiro atoms. The Hall–Kier alpha value is -7.11. The molecule has 0 N–H and O–H groups in total. The van der Waals surface area contributed by atoms with Crippen LogP contribution in [0.2, 0.25) is 0 Å². The number of rotatable bonds is 5. The molecule has 10 aromatic rings. The van der Waals surface area contributed by atoms with E-state index in [-0.39, 0.29) is 0 Å². The first-order valence-electron chi connectivity index (χ1n) is 17.3. The largest absolute Gasteiger partial charge is 0.309 e. The number of para-hydroxylation sites is 1. The average Bonchev–Trinajstić information content (AvgIpc) is 3.72. The van der Waals surface area contributed by atoms with Crippen molar-refractivity contribution in [2.75, 3.05) is 0 Å². The van der Waals surface area contributed by atoms with Crippen molar-refractivity contribution in [2.24, 2.45) is 0 Å². The van der Waals surface area contributed by atoms with E-state index in [2.05, 4.69) is 113 Å². The highest BCUT2D eigenvalue weighted by Gasteiger charge is 2.17. The maximum atomic E-state index is 5.01. The number of benzene rings is 6. The summed E-state index contributed by atoms with van der Waals surface area (Å²) in [7, 11) is 0. The normalized spacial score (nSPS) is 12.1. The van der Waals surface area contributed by atoms with Crippen LogP contribution in [0.4, 0.5) is 0 Å². The monoisotopic (exact) mass is 665 g/mol. The van der Waals surface area contributed by atoms with Crippen LogP contribution in [0.25, 0.3) is 102 Å². The van der Waals surface area contributed by atoms with Crippen LogP contribution < -0.4 is 10.6 Å². The quantitative estimate of drug-likeness (QED) is 0.172. The van der Waals surface area contributed by atoms with Gasteiger partial charge in [0.1, 0.15) is 0 Å². The highest BCUT2D eigenvalue weighted by atomic mass is 15.0. The summed E-state index contributed by atoms with van der Waals surface area (Å²) in [5.41, 5.74) is 8.30. The average molecular weight is 666 g/mol. The smallest absolute Gasteiger partial charge is 0.164 e. The van der Waals surface area contributed by atoms with E-state index in [4.69, 9.17) is 15.0 Å². The summed E-state index contributed by atoms with van der Waals surface area (Å²) in [4.78, 5) is 14.9. The minimum absolute atomic E-state index is 0.605. The van der Waals surface area contributed by atoms with Crippen LogP contribution in [-0.2, 0) is 0 Å². The Kier molecular flexibility index (Phi) is 6.73. The van der Waals surface area contributed by atoms with E-state index < -0.39 is 0 Å². The molecule has 0 aliphatic heterocycles. The number of hydrogen-bond donors (Lipinski definition) is 0. The Balaban J connectivity index is 1.23. The van der Waals surface area contributed by atoms with Crippen LogP contribution in [-0.4, -0.2) is 23.9 Å². The minimum atomic E-state index is 0.605. The molecule has 0 radical (unpaired) electrons. The van der Waals surface area contributed by atoms with E-state index in [1.807, 2.05) is 72.8 Å². The molecule has 244 valence electrons. The van der Waals surface area contributed by atoms with Gasteiger partial charge in [-0.3, -0.25) is 0 Å². The second kappa shape index (κ2) is 11.8. The van der Waals surface area contributed by atoms with Crippen molar-refractivity contribution in [3.8, 4) is 39.9 Å². The van der Waals surface area contributed by atoms with Gasteiger partial charge in [-0.05, 0) is 47.9 Å². The Labute approximate surface area is 299 Å². The van der Waals surface area contributed by atoms with E-state index in [0.717, 1.165) is 49.4 Å². The molecule has 5 nitrogen and oxygen atoms in total. The number of pyridine rings is 1. The fourth-order valence-electron chi connectivity index (χ4n) is 7.66. The van der Waals surface area contributed by atoms with E-state index in [9.17, 15) is 0 Å². The van der Waals surface area contributed by atoms with Crippen LogP contribution in [0, 0.1) is 0 Å². The van der Waals surface area contributed by atoms with E-state index >= 15 is 0 Å². The van der Waals surface area contributed by atoms with Gasteiger partial charge in [-0.25, -0.2) is 15.0 Å². The number of aromatic nitrogens is 5. The van der Waals surface area contributed by atoms with Crippen molar-refractivity contribution in [3.05, 3.63) is 175 Å². The second-order valence-corrected chi connectivity index (χ2v) is 13.0. The Morgan fingerprint density at radius 1 is 0.462 bits per heavy atom. The molecule has 0 bridgehead atoms. The lowest BCUT2D eigenvalue weighted by Crippen LogP contribution is -2.26. The van der Waals surface area contributed by atoms with Gasteiger partial charge in [0.15, 0.2) is 17.5 Å². The predicted octanol–water partition coefficient (Wildman–Crippen LogP) is 9.91. The first-order valence-corrected chi connectivity index (χ1v) is 17.3. The van der Waals surface area contributed by atoms with E-state index in [0.29, 0.717) is 17.5 Å². The van der Waals surface area contributed by atoms with Crippen molar-refractivity contribution >= 4 is 61.7 Å². The molecule has 0 saturated carbocycles. The van der Waals surface area contributed by atoms with Gasteiger partial charge in [-0.2, -0.15) is 0 Å². The van der Waals surface area contributed by atoms with Gasteiger partial charge in [0, 0.05) is 49.1 Å². The zero-order valence-electron chi connectivity index (χ0n) is 28.2. The molecular formula is C47H31N5. The molecule has 0 aliphatic carbocycles. The maximum absolute atomic E-state index is 5.01. The summed E-state index contributed by atoms with van der Waals surface area (Å²) in [5.74, 6) is 1.86. The minimum Gasteiger partial charge on any atom is -0.309 e. The highest BCUT2D eigenvalue weighted by molar-refractivity contribution is 6.16. The molecule has 10 rings (SSSR count). The second-order valence-electron chi connectivity index (χ2n) is 13.0. The third-order valence-electron chi connectivity index (χ3n) is 10.0. The van der Waals surface area contributed by atoms with Crippen molar-refractivity contribution in [1.29, 1.82) is 0 Å². The van der Waals surface area contributed by atoms with Crippen LogP contribution in [0.5, 0.6) is 0 Å². The van der Waals surface area contributed by atoms with Gasteiger partial charge >= 0.3 is 0 Å². The maximum Gasteiger partial charge on any atom is 0.164 e. The number of fused-ring (bicyclic) bond motifs is 9. The topological polar surface area (TPSA) is 48.0 Å². The van der Waals surface area contributed by atoms with Crippen molar-refractivity contribution in [2.45, 2.75) is 0 Å². The first-order chi connectivity index (χ1) is 25.7. The van der Waals surface area contributed by atoms with Gasteiger partial charge in [0.25, 0.3) is 0 Å². The molecule has 6 aromatic carbocycles. The highest BCUT2D eigenvalue weighted by Crippen LogP contribution is 2.35. The summed E-state index contributed by atoms with van der Waals surface area (Å²) < 4.78 is 4.68. The first kappa shape index (κ1) is 29.8. The Morgan fingerprint density at radius 3 is 1.71 bits per heavy atom. The van der Waals surface area contributed by atoms with Crippen LogP contribution >= 0.6 is 0 Å². The van der Waals surface area contributed by atoms with E-state index in [1.54, 1.807) is 0 Å². The van der Waals surface area contributed by atoms with Gasteiger partial charge in [-0.1, -0.05) is 134 Å². The molecule has 52 heavy (non-hydrogen) atoms. The fraction of sp³-hybridized carbons (Fsp3) is 0. The lowest BCUT2D eigenvalue weighted by Gasteiger charge is -2.12. The Morgan fingerprint density at radius 2 is 1.04 bits per heavy atom. The zero-order chi connectivity index (χ0) is 34.8. The predicted molar refractivity (Wildman–Crippen MR) is 216 cm³/mol. The van der Waals surface area contributed by atoms with Crippen molar-refractivity contribution in [3.63, 3.8) is 0 Å².